The fraction of sp³-hybridized carbons (Fsp3) is 0.471. The summed E-state index contributed by atoms with van der Waals surface area (Å²) < 4.78 is 0. The first-order chi connectivity index (χ1) is 9.02. The Morgan fingerprint density at radius 2 is 2.16 bits per heavy atom. The maximum atomic E-state index is 4.59. The molecule has 2 aliphatic rings. The molecule has 0 amide bonds. The topological polar surface area (TPSA) is 12.9 Å². The van der Waals surface area contributed by atoms with E-state index in [-0.39, 0.29) is 0 Å². The Hall–Kier alpha value is -1.15. The Balaban J connectivity index is 1.91. The Morgan fingerprint density at radius 1 is 1.37 bits per heavy atom. The summed E-state index contributed by atoms with van der Waals surface area (Å²) in [4.78, 5) is 4.59. The summed E-state index contributed by atoms with van der Waals surface area (Å²) in [7, 11) is 0. The Bertz CT molecular complexity index is 576. The van der Waals surface area contributed by atoms with Gasteiger partial charge in [-0.2, -0.15) is 0 Å². The van der Waals surface area contributed by atoms with E-state index in [0.717, 1.165) is 22.5 Å². The van der Waals surface area contributed by atoms with Crippen molar-refractivity contribution in [2.75, 3.05) is 0 Å². The number of rotatable bonds is 2. The highest BCUT2D eigenvalue weighted by molar-refractivity contribution is 7.10. The van der Waals surface area contributed by atoms with E-state index in [9.17, 15) is 0 Å². The van der Waals surface area contributed by atoms with Crippen LogP contribution in [0.4, 0.5) is 0 Å². The van der Waals surface area contributed by atoms with E-state index >= 15 is 0 Å². The normalized spacial score (nSPS) is 37.2. The van der Waals surface area contributed by atoms with Crippen LogP contribution >= 0.6 is 11.3 Å². The van der Waals surface area contributed by atoms with Gasteiger partial charge in [0.2, 0.25) is 0 Å². The van der Waals surface area contributed by atoms with Gasteiger partial charge in [0.1, 0.15) is 5.01 Å². The minimum absolute atomic E-state index is 0.344. The highest BCUT2D eigenvalue weighted by atomic mass is 32.1. The molecular weight excluding hydrogens is 250 g/mol. The van der Waals surface area contributed by atoms with Crippen molar-refractivity contribution >= 4 is 16.9 Å². The van der Waals surface area contributed by atoms with Gasteiger partial charge < -0.3 is 0 Å². The molecule has 19 heavy (non-hydrogen) atoms. The van der Waals surface area contributed by atoms with Crippen LogP contribution in [0.5, 0.6) is 0 Å². The van der Waals surface area contributed by atoms with Gasteiger partial charge in [-0.25, -0.2) is 4.98 Å². The van der Waals surface area contributed by atoms with Crippen LogP contribution in [0.3, 0.4) is 0 Å². The zero-order valence-electron chi connectivity index (χ0n) is 12.1. The van der Waals surface area contributed by atoms with Crippen molar-refractivity contribution in [1.82, 2.24) is 4.98 Å². The van der Waals surface area contributed by atoms with Crippen LogP contribution in [0.1, 0.15) is 31.5 Å². The number of aromatic nitrogens is 1. The summed E-state index contributed by atoms with van der Waals surface area (Å²) in [6.07, 6.45) is 11.5. The molecule has 1 fully saturated rings. The average molecular weight is 271 g/mol. The van der Waals surface area contributed by atoms with Crippen LogP contribution < -0.4 is 0 Å². The van der Waals surface area contributed by atoms with E-state index in [1.165, 1.54) is 5.57 Å². The van der Waals surface area contributed by atoms with Gasteiger partial charge in [-0.1, -0.05) is 51.2 Å². The Labute approximate surface area is 119 Å². The second-order valence-corrected chi connectivity index (χ2v) is 7.15. The number of hydrogen-bond donors (Lipinski definition) is 0. The zero-order chi connectivity index (χ0) is 13.6. The molecule has 0 bridgehead atoms. The van der Waals surface area contributed by atoms with Crippen molar-refractivity contribution in [1.29, 1.82) is 0 Å². The smallest absolute Gasteiger partial charge is 0.123 e. The molecule has 3 rings (SSSR count). The van der Waals surface area contributed by atoms with E-state index < -0.39 is 0 Å². The summed E-state index contributed by atoms with van der Waals surface area (Å²) >= 11 is 1.73. The predicted molar refractivity (Wildman–Crippen MR) is 83.0 cm³/mol. The minimum atomic E-state index is 0.344. The van der Waals surface area contributed by atoms with Gasteiger partial charge in [-0.15, -0.1) is 11.3 Å². The largest absolute Gasteiger partial charge is 0.241 e. The maximum Gasteiger partial charge on any atom is 0.123 e. The van der Waals surface area contributed by atoms with Crippen molar-refractivity contribution in [3.63, 3.8) is 0 Å². The molecule has 100 valence electrons. The molecule has 1 aromatic rings. The molecular formula is C17H21NS. The van der Waals surface area contributed by atoms with Gasteiger partial charge in [0.05, 0.1) is 0 Å². The van der Waals surface area contributed by atoms with Crippen LogP contribution in [-0.4, -0.2) is 4.98 Å². The van der Waals surface area contributed by atoms with E-state index in [1.54, 1.807) is 11.3 Å². The molecule has 0 radical (unpaired) electrons. The molecule has 3 unspecified atom stereocenters. The number of hydrogen-bond acceptors (Lipinski definition) is 2. The molecule has 0 saturated heterocycles. The quantitative estimate of drug-likeness (QED) is 0.748. The number of allylic oxidation sites excluding steroid dienone is 6. The van der Waals surface area contributed by atoms with E-state index in [0.29, 0.717) is 11.3 Å². The van der Waals surface area contributed by atoms with Gasteiger partial charge in [0, 0.05) is 16.6 Å². The highest BCUT2D eigenvalue weighted by Gasteiger charge is 2.58. The molecule has 0 spiro atoms. The molecule has 0 aromatic carbocycles. The number of thiazole rings is 1. The fourth-order valence-electron chi connectivity index (χ4n) is 3.52. The van der Waals surface area contributed by atoms with E-state index in [2.05, 4.69) is 68.4 Å². The summed E-state index contributed by atoms with van der Waals surface area (Å²) in [5.74, 6) is 2.23. The summed E-state index contributed by atoms with van der Waals surface area (Å²) in [6, 6.07) is 0. The van der Waals surface area contributed by atoms with E-state index in [4.69, 9.17) is 0 Å². The van der Waals surface area contributed by atoms with Crippen LogP contribution in [0, 0.1) is 30.1 Å². The average Bonchev–Trinajstić information content (AvgIpc) is 2.68. The lowest BCUT2D eigenvalue weighted by atomic mass is 9.97. The fourth-order valence-corrected chi connectivity index (χ4v) is 4.32. The molecule has 2 aliphatic carbocycles. The van der Waals surface area contributed by atoms with Gasteiger partial charge >= 0.3 is 0 Å². The SMILES string of the molecule is Cc1csc(/C2=C/C=C\C3C(C(C)C)C3(C)C=C2)n1. The van der Waals surface area contributed by atoms with Crippen molar-refractivity contribution in [3.05, 3.63) is 46.5 Å². The second kappa shape index (κ2) is 4.45. The lowest BCUT2D eigenvalue weighted by Crippen LogP contribution is -1.99. The molecule has 2 heteroatoms. The molecule has 1 saturated carbocycles. The molecule has 1 aromatic heterocycles. The lowest BCUT2D eigenvalue weighted by molar-refractivity contribution is 0.481. The monoisotopic (exact) mass is 271 g/mol. The number of fused-ring (bicyclic) bond motifs is 1. The molecule has 3 atom stereocenters. The van der Waals surface area contributed by atoms with Crippen molar-refractivity contribution in [2.45, 2.75) is 27.7 Å². The Kier molecular flexibility index (Phi) is 3.01. The van der Waals surface area contributed by atoms with Crippen molar-refractivity contribution < 1.29 is 0 Å². The minimum Gasteiger partial charge on any atom is -0.241 e. The highest BCUT2D eigenvalue weighted by Crippen LogP contribution is 2.64. The van der Waals surface area contributed by atoms with Gasteiger partial charge in [0.25, 0.3) is 0 Å². The summed E-state index contributed by atoms with van der Waals surface area (Å²) in [6.45, 7) is 9.11. The zero-order valence-corrected chi connectivity index (χ0v) is 12.9. The first-order valence-electron chi connectivity index (χ1n) is 7.02. The standard InChI is InChI=1S/C17H21NS/c1-11(2)15-14-7-5-6-13(8-9-17(14,15)4)16-18-12(3)10-19-16/h5-11,14-15H,1-4H3/b7-5-,9-8?,13-6+. The van der Waals surface area contributed by atoms with Crippen LogP contribution in [0.15, 0.2) is 35.8 Å². The third-order valence-corrected chi connectivity index (χ3v) is 5.52. The molecule has 1 heterocycles. The van der Waals surface area contributed by atoms with Crippen molar-refractivity contribution in [3.8, 4) is 0 Å². The summed E-state index contributed by atoms with van der Waals surface area (Å²) in [5.41, 5.74) is 2.69. The predicted octanol–water partition coefficient (Wildman–Crippen LogP) is 4.87. The molecule has 0 aliphatic heterocycles. The van der Waals surface area contributed by atoms with Gasteiger partial charge in [0.15, 0.2) is 0 Å². The maximum absolute atomic E-state index is 4.59. The first-order valence-corrected chi connectivity index (χ1v) is 7.90. The van der Waals surface area contributed by atoms with Crippen LogP contribution in [0.25, 0.3) is 5.57 Å². The molecule has 0 N–H and O–H groups in total. The van der Waals surface area contributed by atoms with E-state index in [1.807, 2.05) is 0 Å². The van der Waals surface area contributed by atoms with Crippen LogP contribution in [-0.2, 0) is 0 Å². The summed E-state index contributed by atoms with van der Waals surface area (Å²) in [5, 5.41) is 3.24. The third-order valence-electron chi connectivity index (χ3n) is 4.51. The van der Waals surface area contributed by atoms with Gasteiger partial charge in [-0.3, -0.25) is 0 Å². The number of aryl methyl sites for hydroxylation is 1. The van der Waals surface area contributed by atoms with Crippen molar-refractivity contribution in [2.24, 2.45) is 23.2 Å². The molecule has 1 nitrogen and oxygen atoms in total. The lowest BCUT2D eigenvalue weighted by Gasteiger charge is -2.08. The van der Waals surface area contributed by atoms with Gasteiger partial charge in [-0.05, 0) is 30.1 Å². The second-order valence-electron chi connectivity index (χ2n) is 6.30. The Morgan fingerprint density at radius 3 is 2.79 bits per heavy atom. The number of nitrogens with zero attached hydrogens (tertiary/aromatic N) is 1. The first kappa shape index (κ1) is 12.9. The van der Waals surface area contributed by atoms with Crippen LogP contribution in [0.2, 0.25) is 0 Å². The third kappa shape index (κ3) is 2.12.